The zero-order valence-electron chi connectivity index (χ0n) is 12.6. The third-order valence-corrected chi connectivity index (χ3v) is 4.17. The maximum atomic E-state index is 13.6. The molecule has 116 valence electrons. The van der Waals surface area contributed by atoms with Crippen molar-refractivity contribution in [2.45, 2.75) is 63.5 Å². The summed E-state index contributed by atoms with van der Waals surface area (Å²) in [7, 11) is 0. The fourth-order valence-corrected chi connectivity index (χ4v) is 3.06. The molecule has 1 fully saturated rings. The summed E-state index contributed by atoms with van der Waals surface area (Å²) in [5, 5.41) is 13.2. The number of halogens is 1. The second-order valence-electron chi connectivity index (χ2n) is 6.23. The van der Waals surface area contributed by atoms with Crippen molar-refractivity contribution in [3.63, 3.8) is 0 Å². The molecule has 1 aliphatic rings. The van der Waals surface area contributed by atoms with E-state index in [0.717, 1.165) is 19.3 Å². The van der Waals surface area contributed by atoms with E-state index in [4.69, 9.17) is 0 Å². The first kappa shape index (κ1) is 16.0. The Morgan fingerprint density at radius 2 is 2.00 bits per heavy atom. The van der Waals surface area contributed by atoms with Crippen molar-refractivity contribution in [1.82, 2.24) is 5.32 Å². The topological polar surface area (TPSA) is 49.3 Å². The quantitative estimate of drug-likeness (QED) is 0.877. The van der Waals surface area contributed by atoms with Crippen LogP contribution in [0.25, 0.3) is 0 Å². The van der Waals surface area contributed by atoms with Gasteiger partial charge < -0.3 is 10.4 Å². The smallest absolute Gasteiger partial charge is 0.223 e. The highest BCUT2D eigenvalue weighted by Gasteiger charge is 2.31. The second kappa shape index (κ2) is 7.03. The summed E-state index contributed by atoms with van der Waals surface area (Å²) in [6.07, 6.45) is 5.09. The molecule has 3 nitrogen and oxygen atoms in total. The summed E-state index contributed by atoms with van der Waals surface area (Å²) in [5.74, 6) is -0.396. The lowest BCUT2D eigenvalue weighted by Crippen LogP contribution is -2.41. The Morgan fingerprint density at radius 3 is 2.67 bits per heavy atom. The normalized spacial score (nSPS) is 19.0. The maximum absolute atomic E-state index is 13.6. The maximum Gasteiger partial charge on any atom is 0.223 e. The number of hydrogen-bond acceptors (Lipinski definition) is 2. The van der Waals surface area contributed by atoms with Crippen molar-refractivity contribution in [1.29, 1.82) is 0 Å². The summed E-state index contributed by atoms with van der Waals surface area (Å²) >= 11 is 0. The highest BCUT2D eigenvalue weighted by Crippen LogP contribution is 2.30. The van der Waals surface area contributed by atoms with Gasteiger partial charge in [0, 0.05) is 6.04 Å². The number of hydrogen-bond donors (Lipinski definition) is 2. The van der Waals surface area contributed by atoms with Crippen molar-refractivity contribution in [3.8, 4) is 0 Å². The van der Waals surface area contributed by atoms with Crippen molar-refractivity contribution >= 4 is 5.91 Å². The fraction of sp³-hybridized carbons (Fsp3) is 0.588. The van der Waals surface area contributed by atoms with Crippen LogP contribution >= 0.6 is 0 Å². The van der Waals surface area contributed by atoms with Gasteiger partial charge in [0.05, 0.1) is 12.0 Å². The molecule has 0 aliphatic heterocycles. The van der Waals surface area contributed by atoms with E-state index in [9.17, 15) is 14.3 Å². The van der Waals surface area contributed by atoms with Gasteiger partial charge in [-0.2, -0.15) is 0 Å². The van der Waals surface area contributed by atoms with Gasteiger partial charge >= 0.3 is 0 Å². The van der Waals surface area contributed by atoms with Gasteiger partial charge in [0.25, 0.3) is 0 Å². The Labute approximate surface area is 125 Å². The molecule has 0 aromatic heterocycles. The third-order valence-electron chi connectivity index (χ3n) is 4.17. The van der Waals surface area contributed by atoms with Crippen molar-refractivity contribution in [2.24, 2.45) is 0 Å². The molecular weight excluding hydrogens is 269 g/mol. The summed E-state index contributed by atoms with van der Waals surface area (Å²) < 4.78 is 13.6. The lowest BCUT2D eigenvalue weighted by atomic mass is 9.82. The van der Waals surface area contributed by atoms with E-state index >= 15 is 0 Å². The number of carbonyl (C=O) groups excluding carboxylic acids is 1. The van der Waals surface area contributed by atoms with Gasteiger partial charge in [0.15, 0.2) is 0 Å². The van der Waals surface area contributed by atoms with E-state index in [1.54, 1.807) is 18.2 Å². The predicted octanol–water partition coefficient (Wildman–Crippen LogP) is 2.96. The zero-order chi connectivity index (χ0) is 15.3. The average molecular weight is 293 g/mol. The van der Waals surface area contributed by atoms with Crippen LogP contribution in [0.3, 0.4) is 0 Å². The van der Waals surface area contributed by atoms with Crippen molar-refractivity contribution < 1.29 is 14.3 Å². The first-order chi connectivity index (χ1) is 9.98. The van der Waals surface area contributed by atoms with Crippen LogP contribution in [0.1, 0.15) is 51.0 Å². The molecule has 1 amide bonds. The standard InChI is InChI=1S/C17H24FNO2/c1-13(11-14-7-3-4-8-15(14)18)19-16(20)12-17(21)9-5-2-6-10-17/h3-4,7-8,13,21H,2,5-6,9-12H2,1H3,(H,19,20). The zero-order valence-corrected chi connectivity index (χ0v) is 12.6. The van der Waals surface area contributed by atoms with E-state index in [1.165, 1.54) is 6.07 Å². The minimum absolute atomic E-state index is 0.147. The molecule has 1 atom stereocenters. The van der Waals surface area contributed by atoms with Crippen LogP contribution in [0.4, 0.5) is 4.39 Å². The molecule has 21 heavy (non-hydrogen) atoms. The molecule has 1 aliphatic carbocycles. The first-order valence-electron chi connectivity index (χ1n) is 7.74. The SMILES string of the molecule is CC(Cc1ccccc1F)NC(=O)CC1(O)CCCCC1. The molecule has 0 spiro atoms. The fourth-order valence-electron chi connectivity index (χ4n) is 3.06. The summed E-state index contributed by atoms with van der Waals surface area (Å²) in [6, 6.07) is 6.45. The molecule has 0 radical (unpaired) electrons. The molecule has 1 saturated carbocycles. The third kappa shape index (κ3) is 4.81. The Morgan fingerprint density at radius 1 is 1.33 bits per heavy atom. The molecular formula is C17H24FNO2. The summed E-state index contributed by atoms with van der Waals surface area (Å²) in [6.45, 7) is 1.86. The number of nitrogens with one attached hydrogen (secondary N) is 1. The van der Waals surface area contributed by atoms with Crippen molar-refractivity contribution in [3.05, 3.63) is 35.6 Å². The Kier molecular flexibility index (Phi) is 5.34. The van der Waals surface area contributed by atoms with Crippen LogP contribution in [-0.2, 0) is 11.2 Å². The lowest BCUT2D eigenvalue weighted by Gasteiger charge is -2.31. The van der Waals surface area contributed by atoms with Gasteiger partial charge in [-0.3, -0.25) is 4.79 Å². The van der Waals surface area contributed by atoms with Gasteiger partial charge in [0.2, 0.25) is 5.91 Å². The molecule has 2 N–H and O–H groups in total. The van der Waals surface area contributed by atoms with Crippen LogP contribution in [0.5, 0.6) is 0 Å². The summed E-state index contributed by atoms with van der Waals surface area (Å²) in [4.78, 5) is 12.0. The monoisotopic (exact) mass is 293 g/mol. The van der Waals surface area contributed by atoms with E-state index < -0.39 is 5.60 Å². The number of rotatable bonds is 5. The van der Waals surface area contributed by atoms with Crippen molar-refractivity contribution in [2.75, 3.05) is 0 Å². The molecule has 1 unspecified atom stereocenters. The summed E-state index contributed by atoms with van der Waals surface area (Å²) in [5.41, 5.74) is -0.248. The van der Waals surface area contributed by atoms with E-state index in [0.29, 0.717) is 24.8 Å². The van der Waals surface area contributed by atoms with Crippen LogP contribution in [0.15, 0.2) is 24.3 Å². The molecule has 0 heterocycles. The molecule has 1 aromatic carbocycles. The number of aliphatic hydroxyl groups is 1. The second-order valence-corrected chi connectivity index (χ2v) is 6.23. The molecule has 2 rings (SSSR count). The first-order valence-corrected chi connectivity index (χ1v) is 7.74. The minimum Gasteiger partial charge on any atom is -0.389 e. The minimum atomic E-state index is -0.847. The van der Waals surface area contributed by atoms with Gasteiger partial charge in [-0.05, 0) is 37.8 Å². The van der Waals surface area contributed by atoms with Crippen LogP contribution < -0.4 is 5.32 Å². The van der Waals surface area contributed by atoms with Gasteiger partial charge in [-0.1, -0.05) is 37.5 Å². The number of amides is 1. The van der Waals surface area contributed by atoms with Crippen LogP contribution in [0.2, 0.25) is 0 Å². The van der Waals surface area contributed by atoms with Gasteiger partial charge in [-0.15, -0.1) is 0 Å². The Hall–Kier alpha value is -1.42. The van der Waals surface area contributed by atoms with E-state index in [2.05, 4.69) is 5.32 Å². The number of carbonyl (C=O) groups is 1. The average Bonchev–Trinajstić information content (AvgIpc) is 2.41. The van der Waals surface area contributed by atoms with Crippen LogP contribution in [-0.4, -0.2) is 22.7 Å². The van der Waals surface area contributed by atoms with E-state index in [-0.39, 0.29) is 24.2 Å². The molecule has 4 heteroatoms. The highest BCUT2D eigenvalue weighted by molar-refractivity contribution is 5.77. The molecule has 0 saturated heterocycles. The lowest BCUT2D eigenvalue weighted by molar-refractivity contribution is -0.128. The molecule has 1 aromatic rings. The predicted molar refractivity (Wildman–Crippen MR) is 80.4 cm³/mol. The highest BCUT2D eigenvalue weighted by atomic mass is 19.1. The van der Waals surface area contributed by atoms with Gasteiger partial charge in [-0.25, -0.2) is 4.39 Å². The number of benzene rings is 1. The Bertz CT molecular complexity index is 483. The Balaban J connectivity index is 1.83. The van der Waals surface area contributed by atoms with Gasteiger partial charge in [0.1, 0.15) is 5.82 Å². The van der Waals surface area contributed by atoms with E-state index in [1.807, 2.05) is 6.92 Å². The van der Waals surface area contributed by atoms with Crippen LogP contribution in [0, 0.1) is 5.82 Å². The molecule has 0 bridgehead atoms. The largest absolute Gasteiger partial charge is 0.389 e.